The number of aromatic nitrogens is 1. The van der Waals surface area contributed by atoms with Gasteiger partial charge in [0.2, 0.25) is 0 Å². The van der Waals surface area contributed by atoms with Crippen LogP contribution in [0, 0.1) is 17.8 Å². The van der Waals surface area contributed by atoms with Crippen LogP contribution >= 0.6 is 11.6 Å². The summed E-state index contributed by atoms with van der Waals surface area (Å²) in [6.07, 6.45) is 6.95. The van der Waals surface area contributed by atoms with Crippen molar-refractivity contribution in [3.63, 3.8) is 0 Å². The number of nitrogens with one attached hydrogen (secondary N) is 1. The van der Waals surface area contributed by atoms with Crippen molar-refractivity contribution in [3.8, 4) is 0 Å². The third-order valence-corrected chi connectivity index (χ3v) is 5.10. The molecule has 102 valence electrons. The molecular weight excluding hydrogens is 260 g/mol. The van der Waals surface area contributed by atoms with Gasteiger partial charge >= 0.3 is 0 Å². The van der Waals surface area contributed by atoms with E-state index in [0.29, 0.717) is 11.5 Å². The molecule has 0 aliphatic heterocycles. The number of carbonyl (C=O) groups excluding carboxylic acids is 1. The fourth-order valence-corrected chi connectivity index (χ4v) is 4.06. The molecule has 2 aliphatic rings. The zero-order valence-corrected chi connectivity index (χ0v) is 11.9. The van der Waals surface area contributed by atoms with E-state index in [2.05, 4.69) is 17.2 Å². The van der Waals surface area contributed by atoms with Gasteiger partial charge in [-0.3, -0.25) is 4.79 Å². The highest BCUT2D eigenvalue weighted by Gasteiger charge is 2.42. The summed E-state index contributed by atoms with van der Waals surface area (Å²) in [6.45, 7) is 2.12. The van der Waals surface area contributed by atoms with Crippen molar-refractivity contribution < 1.29 is 4.79 Å². The largest absolute Gasteiger partial charge is 0.349 e. The van der Waals surface area contributed by atoms with Gasteiger partial charge in [0.25, 0.3) is 5.91 Å². The zero-order valence-electron chi connectivity index (χ0n) is 11.1. The van der Waals surface area contributed by atoms with Crippen LogP contribution in [-0.2, 0) is 0 Å². The Morgan fingerprint density at radius 1 is 1.47 bits per heavy atom. The van der Waals surface area contributed by atoms with Gasteiger partial charge in [0.05, 0.1) is 5.56 Å². The Bertz CT molecular complexity index is 491. The number of pyridine rings is 1. The molecule has 0 unspecified atom stereocenters. The summed E-state index contributed by atoms with van der Waals surface area (Å²) in [5, 5.41) is 3.38. The molecule has 0 spiro atoms. The Hall–Kier alpha value is -1.09. The molecule has 3 rings (SSSR count). The van der Waals surface area contributed by atoms with Crippen molar-refractivity contribution in [3.05, 3.63) is 29.0 Å². The summed E-state index contributed by atoms with van der Waals surface area (Å²) >= 11 is 5.95. The summed E-state index contributed by atoms with van der Waals surface area (Å²) in [6, 6.07) is 3.68. The molecule has 0 saturated heterocycles. The third kappa shape index (κ3) is 2.48. The maximum absolute atomic E-state index is 12.2. The molecular formula is C15H19ClN2O. The lowest BCUT2D eigenvalue weighted by atomic mass is 9.84. The summed E-state index contributed by atoms with van der Waals surface area (Å²) in [5.41, 5.74) is 0.471. The summed E-state index contributed by atoms with van der Waals surface area (Å²) in [4.78, 5) is 16.2. The van der Waals surface area contributed by atoms with Crippen molar-refractivity contribution in [2.75, 3.05) is 0 Å². The average Bonchev–Trinajstić information content (AvgIpc) is 3.01. The first-order valence-corrected chi connectivity index (χ1v) is 7.44. The molecule has 19 heavy (non-hydrogen) atoms. The van der Waals surface area contributed by atoms with Crippen molar-refractivity contribution in [1.29, 1.82) is 0 Å². The first-order valence-electron chi connectivity index (χ1n) is 7.06. The molecule has 1 heterocycles. The number of hydrogen-bond acceptors (Lipinski definition) is 2. The van der Waals surface area contributed by atoms with Crippen molar-refractivity contribution in [2.24, 2.45) is 17.8 Å². The van der Waals surface area contributed by atoms with Crippen molar-refractivity contribution in [2.45, 2.75) is 38.6 Å². The van der Waals surface area contributed by atoms with Crippen LogP contribution in [0.5, 0.6) is 0 Å². The lowest BCUT2D eigenvalue weighted by molar-refractivity contribution is 0.0915. The molecule has 1 aromatic heterocycles. The van der Waals surface area contributed by atoms with E-state index in [-0.39, 0.29) is 17.1 Å². The van der Waals surface area contributed by atoms with Crippen molar-refractivity contribution >= 4 is 17.5 Å². The Kier molecular flexibility index (Phi) is 3.48. The topological polar surface area (TPSA) is 42.0 Å². The van der Waals surface area contributed by atoms with E-state index in [1.807, 2.05) is 0 Å². The number of carbonyl (C=O) groups is 1. The molecule has 2 fully saturated rings. The molecule has 1 N–H and O–H groups in total. The standard InChI is InChI=1S/C15H19ClN2O/c1-9(13-8-10-4-5-11(13)7-10)18-15(19)12-3-2-6-17-14(12)16/h2-3,6,9-11,13H,4-5,7-8H2,1H3,(H,18,19)/t9-,10-,11-,13+/m0/s1. The summed E-state index contributed by atoms with van der Waals surface area (Å²) in [5.74, 6) is 2.24. The lowest BCUT2D eigenvalue weighted by Crippen LogP contribution is -2.40. The van der Waals surface area contributed by atoms with Crippen LogP contribution in [0.2, 0.25) is 5.15 Å². The SMILES string of the molecule is C[C@H](NC(=O)c1cccnc1Cl)[C@H]1C[C@H]2CC[C@H]1C2. The van der Waals surface area contributed by atoms with E-state index < -0.39 is 0 Å². The molecule has 0 radical (unpaired) electrons. The molecule has 2 aliphatic carbocycles. The van der Waals surface area contributed by atoms with Crippen LogP contribution in [0.25, 0.3) is 0 Å². The highest BCUT2D eigenvalue weighted by molar-refractivity contribution is 6.32. The van der Waals surface area contributed by atoms with Gasteiger partial charge in [-0.1, -0.05) is 18.0 Å². The molecule has 1 aromatic rings. The van der Waals surface area contributed by atoms with Crippen LogP contribution in [0.4, 0.5) is 0 Å². The first kappa shape index (κ1) is 12.9. The third-order valence-electron chi connectivity index (χ3n) is 4.80. The van der Waals surface area contributed by atoms with Gasteiger partial charge in [-0.2, -0.15) is 0 Å². The van der Waals surface area contributed by atoms with Crippen LogP contribution < -0.4 is 5.32 Å². The Balaban J connectivity index is 1.65. The minimum Gasteiger partial charge on any atom is -0.349 e. The fourth-order valence-electron chi connectivity index (χ4n) is 3.85. The highest BCUT2D eigenvalue weighted by atomic mass is 35.5. The highest BCUT2D eigenvalue weighted by Crippen LogP contribution is 2.49. The number of amides is 1. The van der Waals surface area contributed by atoms with Crippen LogP contribution in [-0.4, -0.2) is 16.9 Å². The minimum absolute atomic E-state index is 0.103. The van der Waals surface area contributed by atoms with Gasteiger partial charge in [0, 0.05) is 12.2 Å². The van der Waals surface area contributed by atoms with Crippen LogP contribution in [0.1, 0.15) is 43.0 Å². The monoisotopic (exact) mass is 278 g/mol. The second-order valence-corrected chi connectivity index (χ2v) is 6.30. The van der Waals surface area contributed by atoms with Gasteiger partial charge in [-0.05, 0) is 56.1 Å². The Morgan fingerprint density at radius 3 is 2.95 bits per heavy atom. The number of fused-ring (bicyclic) bond motifs is 2. The van der Waals surface area contributed by atoms with Crippen LogP contribution in [0.15, 0.2) is 18.3 Å². The fraction of sp³-hybridized carbons (Fsp3) is 0.600. The van der Waals surface area contributed by atoms with E-state index in [1.165, 1.54) is 25.7 Å². The molecule has 4 atom stereocenters. The molecule has 2 bridgehead atoms. The summed E-state index contributed by atoms with van der Waals surface area (Å²) < 4.78 is 0. The number of halogens is 1. The Labute approximate surface area is 118 Å². The van der Waals surface area contributed by atoms with E-state index in [0.717, 1.165) is 11.8 Å². The maximum Gasteiger partial charge on any atom is 0.254 e. The predicted octanol–water partition coefficient (Wildman–Crippen LogP) is 3.29. The molecule has 4 heteroatoms. The zero-order chi connectivity index (χ0) is 13.4. The number of hydrogen-bond donors (Lipinski definition) is 1. The smallest absolute Gasteiger partial charge is 0.254 e. The minimum atomic E-state index is -0.103. The van der Waals surface area contributed by atoms with Crippen LogP contribution in [0.3, 0.4) is 0 Å². The first-order chi connectivity index (χ1) is 9.15. The predicted molar refractivity (Wildman–Crippen MR) is 75.1 cm³/mol. The van der Waals surface area contributed by atoms with Gasteiger partial charge in [0.15, 0.2) is 0 Å². The molecule has 1 amide bonds. The molecule has 3 nitrogen and oxygen atoms in total. The number of rotatable bonds is 3. The second kappa shape index (κ2) is 5.12. The second-order valence-electron chi connectivity index (χ2n) is 5.94. The van der Waals surface area contributed by atoms with Gasteiger partial charge in [-0.15, -0.1) is 0 Å². The van der Waals surface area contributed by atoms with E-state index in [9.17, 15) is 4.79 Å². The van der Waals surface area contributed by atoms with Crippen molar-refractivity contribution in [1.82, 2.24) is 10.3 Å². The normalized spacial score (nSPS) is 30.3. The van der Waals surface area contributed by atoms with Gasteiger partial charge in [0.1, 0.15) is 5.15 Å². The van der Waals surface area contributed by atoms with E-state index in [4.69, 9.17) is 11.6 Å². The molecule has 0 aromatic carbocycles. The summed E-state index contributed by atoms with van der Waals surface area (Å²) in [7, 11) is 0. The lowest BCUT2D eigenvalue weighted by Gasteiger charge is -2.28. The Morgan fingerprint density at radius 2 is 2.32 bits per heavy atom. The average molecular weight is 279 g/mol. The molecule has 2 saturated carbocycles. The maximum atomic E-state index is 12.2. The quantitative estimate of drug-likeness (QED) is 0.862. The van der Waals surface area contributed by atoms with Gasteiger partial charge < -0.3 is 5.32 Å². The number of nitrogens with zero attached hydrogens (tertiary/aromatic N) is 1. The van der Waals surface area contributed by atoms with E-state index in [1.54, 1.807) is 18.3 Å². The van der Waals surface area contributed by atoms with Gasteiger partial charge in [-0.25, -0.2) is 4.98 Å². The van der Waals surface area contributed by atoms with E-state index >= 15 is 0 Å².